The highest BCUT2D eigenvalue weighted by atomic mass is 32.2. The molecule has 0 aromatic carbocycles. The van der Waals surface area contributed by atoms with Gasteiger partial charge in [-0.05, 0) is 5.53 Å². The Morgan fingerprint density at radius 2 is 2.70 bits per heavy atom. The van der Waals surface area contributed by atoms with Crippen molar-refractivity contribution in [3.63, 3.8) is 0 Å². The third kappa shape index (κ3) is 1.65. The fourth-order valence-electron chi connectivity index (χ4n) is 0.821. The molecule has 0 aromatic heterocycles. The van der Waals surface area contributed by atoms with Crippen molar-refractivity contribution < 1.29 is 4.79 Å². The largest absolute Gasteiger partial charge is 0.298 e. The van der Waals surface area contributed by atoms with Crippen LogP contribution in [-0.2, 0) is 4.79 Å². The number of azide groups is 1. The number of thioether (sulfide) groups is 1. The van der Waals surface area contributed by atoms with E-state index in [0.29, 0.717) is 13.0 Å². The summed E-state index contributed by atoms with van der Waals surface area (Å²) in [6.07, 6.45) is 0.635. The van der Waals surface area contributed by atoms with Gasteiger partial charge in [0.05, 0.1) is 5.25 Å². The summed E-state index contributed by atoms with van der Waals surface area (Å²) in [5, 5.41) is 3.28. The van der Waals surface area contributed by atoms with E-state index in [4.69, 9.17) is 5.53 Å². The molecule has 0 saturated carbocycles. The molecule has 0 spiro atoms. The van der Waals surface area contributed by atoms with Crippen molar-refractivity contribution in [3.05, 3.63) is 10.4 Å². The molecule has 10 heavy (non-hydrogen) atoms. The van der Waals surface area contributed by atoms with Crippen LogP contribution in [0.2, 0.25) is 0 Å². The minimum absolute atomic E-state index is 0.0594. The molecule has 0 N–H and O–H groups in total. The molecule has 54 valence electrons. The summed E-state index contributed by atoms with van der Waals surface area (Å²) in [6.45, 7) is 0.319. The lowest BCUT2D eigenvalue weighted by atomic mass is 10.2. The first-order valence-electron chi connectivity index (χ1n) is 3.00. The van der Waals surface area contributed by atoms with E-state index in [9.17, 15) is 4.79 Å². The molecule has 0 radical (unpaired) electrons. The Labute approximate surface area is 62.6 Å². The second-order valence-corrected chi connectivity index (χ2v) is 3.30. The Balaban J connectivity index is 2.40. The lowest BCUT2D eigenvalue weighted by Crippen LogP contribution is -2.12. The highest BCUT2D eigenvalue weighted by Gasteiger charge is 2.23. The fourth-order valence-corrected chi connectivity index (χ4v) is 1.90. The molecule has 0 amide bonds. The van der Waals surface area contributed by atoms with Crippen molar-refractivity contribution in [2.45, 2.75) is 11.7 Å². The van der Waals surface area contributed by atoms with Crippen LogP contribution < -0.4 is 0 Å². The Kier molecular flexibility index (Phi) is 2.59. The zero-order chi connectivity index (χ0) is 7.40. The first-order valence-corrected chi connectivity index (χ1v) is 4.04. The maximum Gasteiger partial charge on any atom is 0.146 e. The average molecular weight is 157 g/mol. The van der Waals surface area contributed by atoms with Gasteiger partial charge >= 0.3 is 0 Å². The second-order valence-electron chi connectivity index (χ2n) is 1.99. The third-order valence-electron chi connectivity index (χ3n) is 1.34. The molecule has 1 saturated heterocycles. The predicted octanol–water partition coefficient (Wildman–Crippen LogP) is 1.37. The number of hydrogen-bond donors (Lipinski definition) is 0. The van der Waals surface area contributed by atoms with Crippen LogP contribution >= 0.6 is 11.8 Å². The van der Waals surface area contributed by atoms with Crippen LogP contribution in [0.3, 0.4) is 0 Å². The van der Waals surface area contributed by atoms with Gasteiger partial charge in [0.25, 0.3) is 0 Å². The second kappa shape index (κ2) is 3.49. The number of hydrogen-bond acceptors (Lipinski definition) is 3. The van der Waals surface area contributed by atoms with Crippen molar-refractivity contribution in [2.75, 3.05) is 12.3 Å². The monoisotopic (exact) mass is 157 g/mol. The van der Waals surface area contributed by atoms with E-state index in [1.54, 1.807) is 11.8 Å². The summed E-state index contributed by atoms with van der Waals surface area (Å²) in [5.74, 6) is 1.10. The van der Waals surface area contributed by atoms with Crippen molar-refractivity contribution in [1.82, 2.24) is 0 Å². The quantitative estimate of drug-likeness (QED) is 0.345. The van der Waals surface area contributed by atoms with E-state index in [1.165, 1.54) is 0 Å². The summed E-state index contributed by atoms with van der Waals surface area (Å²) in [7, 11) is 0. The number of nitrogens with zero attached hydrogens (tertiary/aromatic N) is 3. The molecule has 1 aliphatic rings. The summed E-state index contributed by atoms with van der Waals surface area (Å²) >= 11 is 1.58. The molecule has 1 rings (SSSR count). The Morgan fingerprint density at radius 3 is 3.20 bits per heavy atom. The standard InChI is InChI=1S/C5H7N3OS/c6-8-7-3-5-4(9)1-2-10-5/h5H,1-3H2. The molecule has 0 aliphatic carbocycles. The van der Waals surface area contributed by atoms with Crippen LogP contribution in [0.1, 0.15) is 6.42 Å². The Bertz CT molecular complexity index is 187. The van der Waals surface area contributed by atoms with Gasteiger partial charge in [-0.25, -0.2) is 0 Å². The summed E-state index contributed by atoms with van der Waals surface area (Å²) in [4.78, 5) is 13.5. The summed E-state index contributed by atoms with van der Waals surface area (Å²) in [5.41, 5.74) is 7.95. The van der Waals surface area contributed by atoms with E-state index in [1.807, 2.05) is 0 Å². The topological polar surface area (TPSA) is 65.8 Å². The third-order valence-corrected chi connectivity index (χ3v) is 2.59. The van der Waals surface area contributed by atoms with Gasteiger partial charge in [0.2, 0.25) is 0 Å². The average Bonchev–Trinajstić information content (AvgIpc) is 2.31. The van der Waals surface area contributed by atoms with Gasteiger partial charge in [-0.1, -0.05) is 5.11 Å². The molecular weight excluding hydrogens is 150 g/mol. The number of ketones is 1. The van der Waals surface area contributed by atoms with E-state index in [-0.39, 0.29) is 11.0 Å². The highest BCUT2D eigenvalue weighted by Crippen LogP contribution is 2.22. The Hall–Kier alpha value is -0.670. The van der Waals surface area contributed by atoms with E-state index < -0.39 is 0 Å². The smallest absolute Gasteiger partial charge is 0.146 e. The molecule has 0 bridgehead atoms. The van der Waals surface area contributed by atoms with Crippen molar-refractivity contribution in [1.29, 1.82) is 0 Å². The number of carbonyl (C=O) groups excluding carboxylic acids is 1. The van der Waals surface area contributed by atoms with Crippen LogP contribution in [0.4, 0.5) is 0 Å². The van der Waals surface area contributed by atoms with Crippen LogP contribution in [0.25, 0.3) is 10.4 Å². The molecule has 1 heterocycles. The van der Waals surface area contributed by atoms with Crippen LogP contribution in [0.5, 0.6) is 0 Å². The van der Waals surface area contributed by atoms with E-state index in [0.717, 1.165) is 5.75 Å². The molecular formula is C5H7N3OS. The minimum Gasteiger partial charge on any atom is -0.298 e. The fraction of sp³-hybridized carbons (Fsp3) is 0.800. The zero-order valence-corrected chi connectivity index (χ0v) is 6.17. The molecule has 1 atom stereocenters. The molecule has 4 nitrogen and oxygen atoms in total. The van der Waals surface area contributed by atoms with Gasteiger partial charge in [0, 0.05) is 23.6 Å². The van der Waals surface area contributed by atoms with Gasteiger partial charge in [0.1, 0.15) is 5.78 Å². The van der Waals surface area contributed by atoms with Crippen LogP contribution in [0.15, 0.2) is 5.11 Å². The van der Waals surface area contributed by atoms with Gasteiger partial charge in [-0.2, -0.15) is 11.8 Å². The maximum absolute atomic E-state index is 10.9. The van der Waals surface area contributed by atoms with Gasteiger partial charge in [0.15, 0.2) is 0 Å². The van der Waals surface area contributed by atoms with E-state index in [2.05, 4.69) is 10.0 Å². The van der Waals surface area contributed by atoms with Gasteiger partial charge in [-0.3, -0.25) is 4.79 Å². The highest BCUT2D eigenvalue weighted by molar-refractivity contribution is 8.01. The molecule has 1 unspecified atom stereocenters. The number of carbonyl (C=O) groups is 1. The van der Waals surface area contributed by atoms with Crippen molar-refractivity contribution >= 4 is 17.5 Å². The zero-order valence-electron chi connectivity index (χ0n) is 5.36. The molecule has 1 fully saturated rings. The van der Waals surface area contributed by atoms with E-state index >= 15 is 0 Å². The van der Waals surface area contributed by atoms with Gasteiger partial charge in [-0.15, -0.1) is 0 Å². The molecule has 1 aliphatic heterocycles. The lowest BCUT2D eigenvalue weighted by Gasteiger charge is -1.98. The van der Waals surface area contributed by atoms with Gasteiger partial charge < -0.3 is 0 Å². The number of Topliss-reactive ketones (excluding diaryl/α,β-unsaturated/α-hetero) is 1. The minimum atomic E-state index is -0.0594. The van der Waals surface area contributed by atoms with Crippen LogP contribution in [0, 0.1) is 0 Å². The summed E-state index contributed by atoms with van der Waals surface area (Å²) < 4.78 is 0. The van der Waals surface area contributed by atoms with Crippen LogP contribution in [-0.4, -0.2) is 23.3 Å². The normalized spacial score (nSPS) is 24.4. The maximum atomic E-state index is 10.9. The first-order chi connectivity index (χ1) is 4.84. The predicted molar refractivity (Wildman–Crippen MR) is 39.9 cm³/mol. The number of rotatable bonds is 2. The molecule has 5 heteroatoms. The van der Waals surface area contributed by atoms with Crippen molar-refractivity contribution in [3.8, 4) is 0 Å². The van der Waals surface area contributed by atoms with Crippen molar-refractivity contribution in [2.24, 2.45) is 5.11 Å². The Morgan fingerprint density at radius 1 is 1.90 bits per heavy atom. The molecule has 0 aromatic rings. The lowest BCUT2D eigenvalue weighted by molar-refractivity contribution is -0.117. The SMILES string of the molecule is [N-]=[N+]=NCC1SCCC1=O. The summed E-state index contributed by atoms with van der Waals surface area (Å²) in [6, 6.07) is 0. The first kappa shape index (κ1) is 7.44.